The van der Waals surface area contributed by atoms with E-state index in [2.05, 4.69) is 40.2 Å². The van der Waals surface area contributed by atoms with Gasteiger partial charge in [0.05, 0.1) is 6.26 Å². The Morgan fingerprint density at radius 1 is 0.633 bits per heavy atom. The molecular weight excluding hydrogens is 436 g/mol. The maximum absolute atomic E-state index is 12.4. The third-order valence-electron chi connectivity index (χ3n) is 6.07. The number of para-hydroxylation sites is 1. The van der Waals surface area contributed by atoms with E-state index in [4.69, 9.17) is 4.42 Å². The molecule has 1 aliphatic carbocycles. The van der Waals surface area contributed by atoms with Crippen LogP contribution in [-0.4, -0.2) is 5.11 Å². The van der Waals surface area contributed by atoms with Gasteiger partial charge in [-0.25, -0.2) is 0 Å². The first-order valence-corrected chi connectivity index (χ1v) is 10.7. The van der Waals surface area contributed by atoms with E-state index in [9.17, 15) is 5.11 Å². The fourth-order valence-electron chi connectivity index (χ4n) is 4.74. The zero-order chi connectivity index (χ0) is 20.3. The smallest absolute Gasteiger partial charge is 0.142 e. The topological polar surface area (TPSA) is 33.4 Å². The molecule has 4 aromatic carbocycles. The van der Waals surface area contributed by atoms with Crippen molar-refractivity contribution < 1.29 is 9.52 Å². The van der Waals surface area contributed by atoms with Crippen LogP contribution in [0.5, 0.6) is 0 Å². The molecule has 0 amide bonds. The molecule has 144 valence electrons. The summed E-state index contributed by atoms with van der Waals surface area (Å²) in [6, 6.07) is 30.3. The SMILES string of the molecule is OC1(c2ccccc2-c2coc3ccccc23)c2ccccc2-c2ccc(Br)cc21. The van der Waals surface area contributed by atoms with E-state index in [1.54, 1.807) is 6.26 Å². The highest BCUT2D eigenvalue weighted by Gasteiger charge is 2.44. The first kappa shape index (κ1) is 17.7. The fourth-order valence-corrected chi connectivity index (χ4v) is 5.10. The molecule has 1 unspecified atom stereocenters. The molecule has 3 heteroatoms. The van der Waals surface area contributed by atoms with Crippen LogP contribution in [0.3, 0.4) is 0 Å². The van der Waals surface area contributed by atoms with Gasteiger partial charge in [-0.3, -0.25) is 0 Å². The van der Waals surface area contributed by atoms with Crippen molar-refractivity contribution in [3.05, 3.63) is 118 Å². The van der Waals surface area contributed by atoms with Gasteiger partial charge in [0, 0.05) is 32.1 Å². The van der Waals surface area contributed by atoms with Crippen molar-refractivity contribution in [2.45, 2.75) is 5.60 Å². The molecule has 0 bridgehead atoms. The van der Waals surface area contributed by atoms with Crippen molar-refractivity contribution in [3.8, 4) is 22.3 Å². The summed E-state index contributed by atoms with van der Waals surface area (Å²) in [6.07, 6.45) is 1.79. The van der Waals surface area contributed by atoms with Crippen LogP contribution in [0.4, 0.5) is 0 Å². The van der Waals surface area contributed by atoms with E-state index >= 15 is 0 Å². The highest BCUT2D eigenvalue weighted by atomic mass is 79.9. The number of furan rings is 1. The molecule has 1 N–H and O–H groups in total. The summed E-state index contributed by atoms with van der Waals surface area (Å²) in [6.45, 7) is 0. The van der Waals surface area contributed by atoms with E-state index in [-0.39, 0.29) is 0 Å². The summed E-state index contributed by atoms with van der Waals surface area (Å²) in [5, 5.41) is 13.4. The lowest BCUT2D eigenvalue weighted by molar-refractivity contribution is 0.131. The van der Waals surface area contributed by atoms with E-state index in [1.807, 2.05) is 66.7 Å². The standard InChI is InChI=1S/C27H17BrO2/c28-17-13-14-20-18-7-1-4-10-23(18)27(29,25(20)15-17)24-11-5-2-8-19(24)22-16-30-26-12-6-3-9-21(22)26/h1-16,29H. The molecule has 0 saturated carbocycles. The Kier molecular flexibility index (Phi) is 3.79. The lowest BCUT2D eigenvalue weighted by Gasteiger charge is -2.29. The maximum Gasteiger partial charge on any atom is 0.142 e. The van der Waals surface area contributed by atoms with Gasteiger partial charge in [-0.05, 0) is 34.9 Å². The summed E-state index contributed by atoms with van der Waals surface area (Å²) in [4.78, 5) is 0. The van der Waals surface area contributed by atoms with Crippen LogP contribution >= 0.6 is 15.9 Å². The van der Waals surface area contributed by atoms with E-state index in [0.717, 1.165) is 54.4 Å². The molecule has 30 heavy (non-hydrogen) atoms. The lowest BCUT2D eigenvalue weighted by atomic mass is 9.80. The third kappa shape index (κ3) is 2.33. The highest BCUT2D eigenvalue weighted by Crippen LogP contribution is 2.53. The Labute approximate surface area is 182 Å². The van der Waals surface area contributed by atoms with Gasteiger partial charge in [0.1, 0.15) is 11.2 Å². The van der Waals surface area contributed by atoms with Crippen molar-refractivity contribution in [3.63, 3.8) is 0 Å². The number of halogens is 1. The van der Waals surface area contributed by atoms with Gasteiger partial charge in [0.25, 0.3) is 0 Å². The first-order valence-electron chi connectivity index (χ1n) is 9.86. The molecule has 1 aromatic heterocycles. The highest BCUT2D eigenvalue weighted by molar-refractivity contribution is 9.10. The second kappa shape index (κ2) is 6.43. The summed E-state index contributed by atoms with van der Waals surface area (Å²) < 4.78 is 6.77. The lowest BCUT2D eigenvalue weighted by Crippen LogP contribution is -2.27. The number of aliphatic hydroxyl groups is 1. The van der Waals surface area contributed by atoms with Crippen LogP contribution in [0.1, 0.15) is 16.7 Å². The largest absolute Gasteiger partial charge is 0.464 e. The second-order valence-electron chi connectivity index (χ2n) is 7.64. The number of hydrogen-bond acceptors (Lipinski definition) is 2. The Bertz CT molecular complexity index is 1430. The van der Waals surface area contributed by atoms with Gasteiger partial charge in [0.15, 0.2) is 0 Å². The minimum atomic E-state index is -1.26. The number of fused-ring (bicyclic) bond motifs is 4. The summed E-state index contributed by atoms with van der Waals surface area (Å²) >= 11 is 3.60. The quantitative estimate of drug-likeness (QED) is 0.309. The molecule has 0 saturated heterocycles. The van der Waals surface area contributed by atoms with Crippen LogP contribution in [0.25, 0.3) is 33.2 Å². The van der Waals surface area contributed by atoms with E-state index in [1.165, 1.54) is 0 Å². The number of benzene rings is 4. The van der Waals surface area contributed by atoms with Crippen LogP contribution in [0, 0.1) is 0 Å². The Hall–Kier alpha value is -3.14. The van der Waals surface area contributed by atoms with Crippen LogP contribution in [0.15, 0.2) is 106 Å². The van der Waals surface area contributed by atoms with Gasteiger partial charge in [-0.15, -0.1) is 0 Å². The minimum absolute atomic E-state index is 0.837. The van der Waals surface area contributed by atoms with Crippen molar-refractivity contribution in [2.75, 3.05) is 0 Å². The zero-order valence-electron chi connectivity index (χ0n) is 16.0. The molecule has 1 heterocycles. The number of rotatable bonds is 2. The first-order chi connectivity index (χ1) is 14.7. The summed E-state index contributed by atoms with van der Waals surface area (Å²) in [7, 11) is 0. The van der Waals surface area contributed by atoms with E-state index < -0.39 is 5.60 Å². The molecule has 5 aromatic rings. The molecule has 1 aliphatic rings. The molecule has 0 aliphatic heterocycles. The Morgan fingerprint density at radius 2 is 1.23 bits per heavy atom. The fraction of sp³-hybridized carbons (Fsp3) is 0.0370. The zero-order valence-corrected chi connectivity index (χ0v) is 17.6. The second-order valence-corrected chi connectivity index (χ2v) is 8.55. The predicted molar refractivity (Wildman–Crippen MR) is 123 cm³/mol. The molecule has 6 rings (SSSR count). The van der Waals surface area contributed by atoms with Gasteiger partial charge in [-0.1, -0.05) is 88.7 Å². The Balaban J connectivity index is 1.69. The van der Waals surface area contributed by atoms with Crippen molar-refractivity contribution in [1.29, 1.82) is 0 Å². The average molecular weight is 453 g/mol. The summed E-state index contributed by atoms with van der Waals surface area (Å²) in [5.74, 6) is 0. The van der Waals surface area contributed by atoms with Crippen LogP contribution in [0.2, 0.25) is 0 Å². The normalized spacial score (nSPS) is 17.1. The minimum Gasteiger partial charge on any atom is -0.464 e. The summed E-state index contributed by atoms with van der Waals surface area (Å²) in [5.41, 5.74) is 6.28. The molecular formula is C27H17BrO2. The van der Waals surface area contributed by atoms with Crippen molar-refractivity contribution in [1.82, 2.24) is 0 Å². The number of hydrogen-bond donors (Lipinski definition) is 1. The molecule has 0 radical (unpaired) electrons. The third-order valence-corrected chi connectivity index (χ3v) is 6.56. The maximum atomic E-state index is 12.4. The van der Waals surface area contributed by atoms with Gasteiger partial charge in [0.2, 0.25) is 0 Å². The van der Waals surface area contributed by atoms with Crippen molar-refractivity contribution in [2.24, 2.45) is 0 Å². The van der Waals surface area contributed by atoms with Crippen LogP contribution < -0.4 is 0 Å². The molecule has 1 atom stereocenters. The Morgan fingerprint density at radius 3 is 2.00 bits per heavy atom. The van der Waals surface area contributed by atoms with Gasteiger partial charge in [-0.2, -0.15) is 0 Å². The molecule has 0 spiro atoms. The molecule has 2 nitrogen and oxygen atoms in total. The van der Waals surface area contributed by atoms with Gasteiger partial charge < -0.3 is 9.52 Å². The average Bonchev–Trinajstić information content (AvgIpc) is 3.32. The van der Waals surface area contributed by atoms with Crippen molar-refractivity contribution >= 4 is 26.9 Å². The predicted octanol–water partition coefficient (Wildman–Crippen LogP) is 7.13. The van der Waals surface area contributed by atoms with Gasteiger partial charge >= 0.3 is 0 Å². The monoisotopic (exact) mass is 452 g/mol. The van der Waals surface area contributed by atoms with Crippen LogP contribution in [-0.2, 0) is 5.60 Å². The van der Waals surface area contributed by atoms with E-state index in [0.29, 0.717) is 0 Å². The molecule has 0 fully saturated rings.